The quantitative estimate of drug-likeness (QED) is 0.676. The van der Waals surface area contributed by atoms with Crippen LogP contribution in [0.15, 0.2) is 29.4 Å². The average Bonchev–Trinajstić information content (AvgIpc) is 2.88. The van der Waals surface area contributed by atoms with Gasteiger partial charge in [-0.3, -0.25) is 14.7 Å². The van der Waals surface area contributed by atoms with Crippen LogP contribution in [-0.2, 0) is 20.1 Å². The van der Waals surface area contributed by atoms with Gasteiger partial charge in [0, 0.05) is 45.1 Å². The van der Waals surface area contributed by atoms with E-state index >= 15 is 0 Å². The van der Waals surface area contributed by atoms with Gasteiger partial charge in [-0.1, -0.05) is 19.9 Å². The van der Waals surface area contributed by atoms with E-state index < -0.39 is 0 Å². The first-order chi connectivity index (χ1) is 11.4. The van der Waals surface area contributed by atoms with Crippen LogP contribution >= 0.6 is 0 Å². The molecule has 0 aliphatic heterocycles. The maximum atomic E-state index is 4.57. The van der Waals surface area contributed by atoms with E-state index in [4.69, 9.17) is 0 Å². The van der Waals surface area contributed by atoms with Crippen molar-refractivity contribution >= 4 is 5.96 Å². The largest absolute Gasteiger partial charge is 0.351 e. The third-order valence-electron chi connectivity index (χ3n) is 3.84. The number of guanidine groups is 1. The Balaban J connectivity index is 2.03. The third-order valence-corrected chi connectivity index (χ3v) is 3.84. The van der Waals surface area contributed by atoms with Gasteiger partial charge in [0.05, 0.1) is 17.9 Å². The molecule has 0 bridgehead atoms. The Morgan fingerprint density at radius 3 is 2.75 bits per heavy atom. The number of hydrogen-bond donors (Lipinski definition) is 1. The second-order valence-electron chi connectivity index (χ2n) is 6.40. The van der Waals surface area contributed by atoms with Gasteiger partial charge in [0.25, 0.3) is 0 Å². The fraction of sp³-hybridized carbons (Fsp3) is 0.500. The summed E-state index contributed by atoms with van der Waals surface area (Å²) < 4.78 is 1.88. The van der Waals surface area contributed by atoms with Crippen LogP contribution in [-0.4, -0.2) is 39.7 Å². The molecule has 0 aliphatic rings. The van der Waals surface area contributed by atoms with Crippen LogP contribution in [0.25, 0.3) is 0 Å². The standard InChI is InChI=1S/C18H28N6/c1-13(2)17-15(12-24(6)22-17)11-23(5)18(19-4)20-10-16-9-7-8-14(3)21-16/h7-9,12-13H,10-11H2,1-6H3,(H,19,20). The fourth-order valence-corrected chi connectivity index (χ4v) is 2.75. The van der Waals surface area contributed by atoms with Crippen LogP contribution in [0.1, 0.15) is 42.4 Å². The van der Waals surface area contributed by atoms with Gasteiger partial charge in [-0.15, -0.1) is 0 Å². The minimum absolute atomic E-state index is 0.404. The van der Waals surface area contributed by atoms with E-state index in [2.05, 4.69) is 45.3 Å². The summed E-state index contributed by atoms with van der Waals surface area (Å²) in [5, 5.41) is 7.95. The highest BCUT2D eigenvalue weighted by Gasteiger charge is 2.15. The molecule has 24 heavy (non-hydrogen) atoms. The van der Waals surface area contributed by atoms with Crippen LogP contribution in [0.2, 0.25) is 0 Å². The fourth-order valence-electron chi connectivity index (χ4n) is 2.75. The van der Waals surface area contributed by atoms with Gasteiger partial charge >= 0.3 is 0 Å². The average molecular weight is 328 g/mol. The molecule has 0 spiro atoms. The molecule has 130 valence electrons. The lowest BCUT2D eigenvalue weighted by molar-refractivity contribution is 0.472. The highest BCUT2D eigenvalue weighted by Crippen LogP contribution is 2.18. The number of aliphatic imine (C=N–C) groups is 1. The van der Waals surface area contributed by atoms with Crippen molar-refractivity contribution in [1.82, 2.24) is 25.0 Å². The number of hydrogen-bond acceptors (Lipinski definition) is 3. The van der Waals surface area contributed by atoms with Crippen LogP contribution in [0.5, 0.6) is 0 Å². The van der Waals surface area contributed by atoms with Crippen molar-refractivity contribution in [3.05, 3.63) is 47.0 Å². The summed E-state index contributed by atoms with van der Waals surface area (Å²) in [5.41, 5.74) is 4.40. The second kappa shape index (κ2) is 7.95. The number of nitrogens with zero attached hydrogens (tertiary/aromatic N) is 5. The molecule has 2 aromatic rings. The molecule has 0 atom stereocenters. The maximum Gasteiger partial charge on any atom is 0.194 e. The van der Waals surface area contributed by atoms with E-state index in [0.29, 0.717) is 12.5 Å². The number of aromatic nitrogens is 3. The Labute approximate surface area is 144 Å². The summed E-state index contributed by atoms with van der Waals surface area (Å²) in [6, 6.07) is 6.04. The molecule has 6 nitrogen and oxygen atoms in total. The normalized spacial score (nSPS) is 11.9. The summed E-state index contributed by atoms with van der Waals surface area (Å²) >= 11 is 0. The lowest BCUT2D eigenvalue weighted by atomic mass is 10.1. The number of nitrogens with one attached hydrogen (secondary N) is 1. The molecule has 1 N–H and O–H groups in total. The van der Waals surface area contributed by atoms with Crippen LogP contribution in [0, 0.1) is 6.92 Å². The second-order valence-corrected chi connectivity index (χ2v) is 6.40. The molecule has 6 heteroatoms. The van der Waals surface area contributed by atoms with Crippen molar-refractivity contribution in [2.24, 2.45) is 12.0 Å². The van der Waals surface area contributed by atoms with Gasteiger partial charge in [-0.05, 0) is 25.0 Å². The van der Waals surface area contributed by atoms with Crippen molar-refractivity contribution in [1.29, 1.82) is 0 Å². The number of pyridine rings is 1. The Morgan fingerprint density at radius 1 is 1.38 bits per heavy atom. The molecule has 0 amide bonds. The Bertz CT molecular complexity index is 701. The van der Waals surface area contributed by atoms with Gasteiger partial charge in [0.2, 0.25) is 0 Å². The molecule has 0 fully saturated rings. The number of aryl methyl sites for hydroxylation is 2. The summed E-state index contributed by atoms with van der Waals surface area (Å²) in [4.78, 5) is 11.0. The molecular weight excluding hydrogens is 300 g/mol. The summed E-state index contributed by atoms with van der Waals surface area (Å²) in [6.07, 6.45) is 2.08. The van der Waals surface area contributed by atoms with Crippen molar-refractivity contribution < 1.29 is 0 Å². The SMILES string of the molecule is CN=C(NCc1cccc(C)n1)N(C)Cc1cn(C)nc1C(C)C. The van der Waals surface area contributed by atoms with Gasteiger partial charge in [0.1, 0.15) is 0 Å². The first-order valence-corrected chi connectivity index (χ1v) is 8.27. The zero-order chi connectivity index (χ0) is 17.7. The Morgan fingerprint density at radius 2 is 2.12 bits per heavy atom. The molecular formula is C18H28N6. The van der Waals surface area contributed by atoms with E-state index in [0.717, 1.165) is 29.6 Å². The monoisotopic (exact) mass is 328 g/mol. The number of rotatable bonds is 5. The summed E-state index contributed by atoms with van der Waals surface area (Å²) in [5.74, 6) is 1.25. The van der Waals surface area contributed by atoms with Gasteiger partial charge in [-0.2, -0.15) is 5.10 Å². The van der Waals surface area contributed by atoms with Gasteiger partial charge in [-0.25, -0.2) is 0 Å². The minimum atomic E-state index is 0.404. The molecule has 0 aliphatic carbocycles. The van der Waals surface area contributed by atoms with Crippen molar-refractivity contribution in [2.45, 2.75) is 39.8 Å². The molecule has 0 unspecified atom stereocenters. The zero-order valence-corrected chi connectivity index (χ0v) is 15.5. The lowest BCUT2D eigenvalue weighted by Crippen LogP contribution is -2.38. The van der Waals surface area contributed by atoms with Crippen molar-refractivity contribution in [2.75, 3.05) is 14.1 Å². The van der Waals surface area contributed by atoms with E-state index in [1.807, 2.05) is 43.9 Å². The predicted molar refractivity (Wildman–Crippen MR) is 97.9 cm³/mol. The molecule has 0 radical (unpaired) electrons. The smallest absolute Gasteiger partial charge is 0.194 e. The minimum Gasteiger partial charge on any atom is -0.351 e. The molecule has 2 rings (SSSR count). The maximum absolute atomic E-state index is 4.57. The van der Waals surface area contributed by atoms with E-state index in [1.54, 1.807) is 7.05 Å². The predicted octanol–water partition coefficient (Wildman–Crippen LogP) is 2.45. The highest BCUT2D eigenvalue weighted by molar-refractivity contribution is 5.79. The first-order valence-electron chi connectivity index (χ1n) is 8.27. The molecule has 2 heterocycles. The summed E-state index contributed by atoms with van der Waals surface area (Å²) in [7, 11) is 5.80. The van der Waals surface area contributed by atoms with Gasteiger partial charge in [0.15, 0.2) is 5.96 Å². The third kappa shape index (κ3) is 4.57. The van der Waals surface area contributed by atoms with Crippen molar-refractivity contribution in [3.8, 4) is 0 Å². The van der Waals surface area contributed by atoms with E-state index in [1.165, 1.54) is 5.56 Å². The zero-order valence-electron chi connectivity index (χ0n) is 15.5. The molecule has 0 aromatic carbocycles. The van der Waals surface area contributed by atoms with Crippen LogP contribution in [0.3, 0.4) is 0 Å². The first kappa shape index (κ1) is 18.0. The highest BCUT2D eigenvalue weighted by atomic mass is 15.3. The van der Waals surface area contributed by atoms with E-state index in [9.17, 15) is 0 Å². The lowest BCUT2D eigenvalue weighted by Gasteiger charge is -2.22. The Hall–Kier alpha value is -2.37. The van der Waals surface area contributed by atoms with E-state index in [-0.39, 0.29) is 0 Å². The summed E-state index contributed by atoms with van der Waals surface area (Å²) in [6.45, 7) is 7.76. The molecule has 0 saturated heterocycles. The molecule has 0 saturated carbocycles. The van der Waals surface area contributed by atoms with Crippen molar-refractivity contribution in [3.63, 3.8) is 0 Å². The Kier molecular flexibility index (Phi) is 5.95. The van der Waals surface area contributed by atoms with Crippen LogP contribution in [0.4, 0.5) is 0 Å². The van der Waals surface area contributed by atoms with Crippen LogP contribution < -0.4 is 5.32 Å². The molecule has 2 aromatic heterocycles. The topological polar surface area (TPSA) is 58.3 Å². The van der Waals surface area contributed by atoms with Gasteiger partial charge < -0.3 is 10.2 Å².